The molecule has 3 fully saturated rings. The van der Waals surface area contributed by atoms with Crippen LogP contribution in [0.3, 0.4) is 0 Å². The predicted octanol–water partition coefficient (Wildman–Crippen LogP) is 2.17. The number of ether oxygens (including phenoxy) is 5. The molecule has 2 saturated heterocycles. The van der Waals surface area contributed by atoms with Gasteiger partial charge in [-0.15, -0.1) is 0 Å². The van der Waals surface area contributed by atoms with Crippen LogP contribution in [0.2, 0.25) is 0 Å². The summed E-state index contributed by atoms with van der Waals surface area (Å²) in [5, 5.41) is 10.6. The molecule has 36 heavy (non-hydrogen) atoms. The highest BCUT2D eigenvalue weighted by atomic mass is 16.6. The average Bonchev–Trinajstić information content (AvgIpc) is 3.62. The Balaban J connectivity index is 1.52. The van der Waals surface area contributed by atoms with Crippen LogP contribution < -0.4 is 0 Å². The van der Waals surface area contributed by atoms with Gasteiger partial charge in [-0.2, -0.15) is 0 Å². The average molecular weight is 503 g/mol. The van der Waals surface area contributed by atoms with E-state index in [1.165, 1.54) is 29.9 Å². The van der Waals surface area contributed by atoms with Crippen molar-refractivity contribution in [2.24, 2.45) is 16.7 Å². The zero-order chi connectivity index (χ0) is 25.7. The Morgan fingerprint density at radius 2 is 1.75 bits per heavy atom. The van der Waals surface area contributed by atoms with E-state index in [0.717, 1.165) is 6.42 Å². The lowest BCUT2D eigenvalue weighted by Gasteiger charge is -2.58. The van der Waals surface area contributed by atoms with Gasteiger partial charge in [0.2, 0.25) is 0 Å². The molecule has 1 saturated carbocycles. The summed E-state index contributed by atoms with van der Waals surface area (Å²) in [6, 6.07) is 0. The van der Waals surface area contributed by atoms with Crippen LogP contribution in [0.25, 0.3) is 0 Å². The largest absolute Gasteiger partial charge is 0.463 e. The number of hydrogen-bond acceptors (Lipinski definition) is 9. The topological polar surface area (TPSA) is 121 Å². The third-order valence-electron chi connectivity index (χ3n) is 9.12. The zero-order valence-corrected chi connectivity index (χ0v) is 20.9. The predicted molar refractivity (Wildman–Crippen MR) is 125 cm³/mol. The minimum absolute atomic E-state index is 0.00000344. The van der Waals surface area contributed by atoms with Gasteiger partial charge in [0.15, 0.2) is 6.10 Å². The molecule has 2 spiro atoms. The van der Waals surface area contributed by atoms with E-state index in [2.05, 4.69) is 19.9 Å². The smallest absolute Gasteiger partial charge is 0.335 e. The number of epoxide rings is 1. The molecule has 3 heterocycles. The number of aliphatic hydroxyl groups is 1. The van der Waals surface area contributed by atoms with E-state index >= 15 is 0 Å². The summed E-state index contributed by atoms with van der Waals surface area (Å²) in [4.78, 5) is 37.6. The van der Waals surface area contributed by atoms with Gasteiger partial charge in [-0.25, -0.2) is 14.4 Å². The molecule has 2 aliphatic carbocycles. The highest BCUT2D eigenvalue weighted by molar-refractivity contribution is 5.84. The molecule has 9 nitrogen and oxygen atoms in total. The standard InChI is InChI=1S/C27H34O9/c1-16-8-10-26-14-33-24(31)23(30)17(2)9-11-32-21(28)6-4-5-7-22(29)36-18-13-20(35-19(26)12-16)27(15-34-27)25(18,26)3/h4-7,12,17-20,23,30H,8-11,13-15H2,1-3H3/b6-4+,7-5+/t17-,18+,19+,20+,23-,25+,26+,27-/m0/s1. The van der Waals surface area contributed by atoms with Gasteiger partial charge in [0, 0.05) is 24.0 Å². The molecule has 5 aliphatic rings. The van der Waals surface area contributed by atoms with E-state index in [4.69, 9.17) is 23.7 Å². The van der Waals surface area contributed by atoms with Gasteiger partial charge in [-0.3, -0.25) is 0 Å². The number of esters is 3. The molecule has 196 valence electrons. The van der Waals surface area contributed by atoms with Crippen molar-refractivity contribution in [1.82, 2.24) is 0 Å². The first-order valence-corrected chi connectivity index (χ1v) is 12.7. The van der Waals surface area contributed by atoms with Gasteiger partial charge in [0.05, 0.1) is 30.8 Å². The van der Waals surface area contributed by atoms with E-state index < -0.39 is 52.5 Å². The maximum Gasteiger partial charge on any atom is 0.335 e. The zero-order valence-electron chi connectivity index (χ0n) is 20.9. The van der Waals surface area contributed by atoms with Crippen molar-refractivity contribution >= 4 is 17.9 Å². The number of allylic oxidation sites excluding steroid dienone is 3. The lowest BCUT2D eigenvalue weighted by molar-refractivity contribution is -0.234. The Morgan fingerprint density at radius 3 is 2.47 bits per heavy atom. The van der Waals surface area contributed by atoms with Gasteiger partial charge in [-0.1, -0.05) is 37.6 Å². The summed E-state index contributed by atoms with van der Waals surface area (Å²) in [6.07, 6.45) is 7.11. The molecule has 3 aliphatic heterocycles. The summed E-state index contributed by atoms with van der Waals surface area (Å²) in [5.74, 6) is -2.34. The SMILES string of the molecule is CC1=C[C@H]2O[C@@H]3C[C@H]4OC(=O)/C=C/C=C/C(=O)OCC[C@H](C)[C@H](O)C(=O)OC[C@@]2(CC1)[C@]4(C)[C@]31CO1. The van der Waals surface area contributed by atoms with Crippen LogP contribution >= 0.6 is 0 Å². The molecule has 0 unspecified atom stereocenters. The number of hydrogen-bond donors (Lipinski definition) is 1. The number of aliphatic hydroxyl groups excluding tert-OH is 1. The Morgan fingerprint density at radius 1 is 1.03 bits per heavy atom. The van der Waals surface area contributed by atoms with Crippen molar-refractivity contribution in [3.8, 4) is 0 Å². The maximum atomic E-state index is 12.9. The van der Waals surface area contributed by atoms with E-state index in [0.29, 0.717) is 19.4 Å². The molecular formula is C27H34O9. The highest BCUT2D eigenvalue weighted by Gasteiger charge is 2.83. The molecular weight excluding hydrogens is 468 g/mol. The molecule has 5 rings (SSSR count). The van der Waals surface area contributed by atoms with Crippen LogP contribution in [0.1, 0.15) is 46.5 Å². The fourth-order valence-electron chi connectivity index (χ4n) is 6.65. The Labute approximate surface area is 210 Å². The Bertz CT molecular complexity index is 1020. The van der Waals surface area contributed by atoms with E-state index in [9.17, 15) is 19.5 Å². The van der Waals surface area contributed by atoms with Gasteiger partial charge in [0.25, 0.3) is 0 Å². The van der Waals surface area contributed by atoms with Crippen LogP contribution in [0, 0.1) is 16.7 Å². The lowest BCUT2D eigenvalue weighted by Crippen LogP contribution is -2.66. The van der Waals surface area contributed by atoms with Crippen molar-refractivity contribution in [2.75, 3.05) is 19.8 Å². The monoisotopic (exact) mass is 502 g/mol. The molecule has 0 amide bonds. The van der Waals surface area contributed by atoms with Crippen molar-refractivity contribution in [2.45, 2.75) is 76.5 Å². The Kier molecular flexibility index (Phi) is 6.37. The number of rotatable bonds is 0. The van der Waals surface area contributed by atoms with E-state index in [1.54, 1.807) is 6.92 Å². The number of carbonyl (C=O) groups excluding carboxylic acids is 3. The van der Waals surface area contributed by atoms with E-state index in [1.807, 2.05) is 0 Å². The molecule has 0 aromatic carbocycles. The molecule has 0 aromatic rings. The normalized spacial score (nSPS) is 46.8. The summed E-state index contributed by atoms with van der Waals surface area (Å²) in [5.41, 5.74) is -0.820. The van der Waals surface area contributed by atoms with Crippen LogP contribution in [-0.4, -0.2) is 72.9 Å². The molecule has 9 heteroatoms. The van der Waals surface area contributed by atoms with Crippen LogP contribution in [0.5, 0.6) is 0 Å². The van der Waals surface area contributed by atoms with Crippen LogP contribution in [0.15, 0.2) is 36.0 Å². The number of cyclic esters (lactones) is 2. The summed E-state index contributed by atoms with van der Waals surface area (Å²) in [6.45, 7) is 6.34. The fourth-order valence-corrected chi connectivity index (χ4v) is 6.65. The van der Waals surface area contributed by atoms with Gasteiger partial charge < -0.3 is 28.8 Å². The first kappa shape index (κ1) is 25.2. The minimum Gasteiger partial charge on any atom is -0.463 e. The lowest BCUT2D eigenvalue weighted by atomic mass is 9.51. The van der Waals surface area contributed by atoms with Gasteiger partial charge in [-0.05, 0) is 32.1 Å². The molecule has 8 atom stereocenters. The second kappa shape index (κ2) is 9.11. The molecule has 1 N–H and O–H groups in total. The minimum atomic E-state index is -1.37. The van der Waals surface area contributed by atoms with Crippen molar-refractivity contribution < 1.29 is 43.2 Å². The van der Waals surface area contributed by atoms with Gasteiger partial charge >= 0.3 is 17.9 Å². The quantitative estimate of drug-likeness (QED) is 0.230. The van der Waals surface area contributed by atoms with Crippen LogP contribution in [-0.2, 0) is 38.1 Å². The van der Waals surface area contributed by atoms with Crippen LogP contribution in [0.4, 0.5) is 0 Å². The van der Waals surface area contributed by atoms with Gasteiger partial charge in [0.1, 0.15) is 18.3 Å². The third kappa shape index (κ3) is 3.83. The van der Waals surface area contributed by atoms with Crippen molar-refractivity contribution in [1.29, 1.82) is 0 Å². The second-order valence-electron chi connectivity index (χ2n) is 11.0. The second-order valence-corrected chi connectivity index (χ2v) is 11.0. The summed E-state index contributed by atoms with van der Waals surface area (Å²) < 4.78 is 29.6. The first-order valence-electron chi connectivity index (χ1n) is 12.7. The summed E-state index contributed by atoms with van der Waals surface area (Å²) >= 11 is 0. The Hall–Kier alpha value is -2.49. The molecule has 0 aromatic heterocycles. The number of carbonyl (C=O) groups is 3. The molecule has 0 radical (unpaired) electrons. The van der Waals surface area contributed by atoms with E-state index in [-0.39, 0.29) is 31.8 Å². The molecule has 2 bridgehead atoms. The maximum absolute atomic E-state index is 12.9. The third-order valence-corrected chi connectivity index (χ3v) is 9.12. The highest BCUT2D eigenvalue weighted by Crippen LogP contribution is 2.72. The first-order chi connectivity index (χ1) is 17.1. The summed E-state index contributed by atoms with van der Waals surface area (Å²) in [7, 11) is 0. The fraction of sp³-hybridized carbons (Fsp3) is 0.667. The van der Waals surface area contributed by atoms with Crippen molar-refractivity contribution in [3.63, 3.8) is 0 Å². The van der Waals surface area contributed by atoms with Crippen molar-refractivity contribution in [3.05, 3.63) is 36.0 Å².